The topological polar surface area (TPSA) is 68.5 Å². The van der Waals surface area contributed by atoms with E-state index >= 15 is 0 Å². The zero-order valence-corrected chi connectivity index (χ0v) is 11.8. The molecule has 3 rings (SSSR count). The fraction of sp³-hybridized carbons (Fsp3) is 0.200. The second-order valence-corrected chi connectivity index (χ2v) is 4.58. The van der Waals surface area contributed by atoms with E-state index in [9.17, 15) is 0 Å². The third-order valence-corrected chi connectivity index (χ3v) is 3.04. The highest BCUT2D eigenvalue weighted by Gasteiger charge is 2.10. The zero-order chi connectivity index (χ0) is 14.5. The number of nitrogens with one attached hydrogen (secondary N) is 1. The average Bonchev–Trinajstić information content (AvgIpc) is 3.04. The van der Waals surface area contributed by atoms with Crippen LogP contribution in [-0.4, -0.2) is 31.5 Å². The molecule has 0 aliphatic heterocycles. The fourth-order valence-corrected chi connectivity index (χ4v) is 2.02. The van der Waals surface area contributed by atoms with Gasteiger partial charge in [0.1, 0.15) is 17.8 Å². The molecule has 0 unspecified atom stereocenters. The first-order valence-electron chi connectivity index (χ1n) is 6.91. The molecule has 1 aromatic carbocycles. The van der Waals surface area contributed by atoms with E-state index in [0.29, 0.717) is 0 Å². The number of hydrogen-bond acceptors (Lipinski definition) is 5. The molecule has 2 heterocycles. The van der Waals surface area contributed by atoms with Gasteiger partial charge in [0.15, 0.2) is 0 Å². The normalized spacial score (nSPS) is 10.5. The third-order valence-electron chi connectivity index (χ3n) is 3.04. The van der Waals surface area contributed by atoms with E-state index in [1.165, 1.54) is 0 Å². The molecule has 106 valence electrons. The smallest absolute Gasteiger partial charge is 0.130 e. The minimum atomic E-state index is 0.789. The van der Waals surface area contributed by atoms with Gasteiger partial charge in [-0.05, 0) is 18.6 Å². The molecule has 2 aromatic heterocycles. The van der Waals surface area contributed by atoms with Crippen LogP contribution in [0, 0.1) is 0 Å². The van der Waals surface area contributed by atoms with Gasteiger partial charge in [-0.25, -0.2) is 14.6 Å². The Balaban J connectivity index is 1.97. The SMILES string of the molecule is CCCNc1cc(-c2cnnn2-c2ccccc2)ncn1. The minimum Gasteiger partial charge on any atom is -0.370 e. The Kier molecular flexibility index (Phi) is 3.86. The van der Waals surface area contributed by atoms with Gasteiger partial charge >= 0.3 is 0 Å². The number of nitrogens with zero attached hydrogens (tertiary/aromatic N) is 5. The first kappa shape index (κ1) is 13.2. The van der Waals surface area contributed by atoms with Crippen molar-refractivity contribution < 1.29 is 0 Å². The number of benzene rings is 1. The van der Waals surface area contributed by atoms with Crippen molar-refractivity contribution in [3.05, 3.63) is 48.9 Å². The molecule has 0 aliphatic carbocycles. The van der Waals surface area contributed by atoms with Crippen LogP contribution in [-0.2, 0) is 0 Å². The Bertz CT molecular complexity index is 707. The predicted octanol–water partition coefficient (Wildman–Crippen LogP) is 2.55. The lowest BCUT2D eigenvalue weighted by Crippen LogP contribution is -2.04. The van der Waals surface area contributed by atoms with Crippen molar-refractivity contribution in [3.8, 4) is 17.1 Å². The van der Waals surface area contributed by atoms with Crippen molar-refractivity contribution in [1.82, 2.24) is 25.0 Å². The van der Waals surface area contributed by atoms with Crippen LogP contribution in [0.5, 0.6) is 0 Å². The van der Waals surface area contributed by atoms with Gasteiger partial charge in [-0.1, -0.05) is 30.3 Å². The highest BCUT2D eigenvalue weighted by atomic mass is 15.4. The van der Waals surface area contributed by atoms with Crippen LogP contribution < -0.4 is 5.32 Å². The molecular weight excluding hydrogens is 264 g/mol. The number of hydrogen-bond donors (Lipinski definition) is 1. The van der Waals surface area contributed by atoms with Crippen molar-refractivity contribution in [1.29, 1.82) is 0 Å². The zero-order valence-electron chi connectivity index (χ0n) is 11.8. The average molecular weight is 280 g/mol. The quantitative estimate of drug-likeness (QED) is 0.778. The molecule has 6 nitrogen and oxygen atoms in total. The summed E-state index contributed by atoms with van der Waals surface area (Å²) in [4.78, 5) is 8.54. The molecule has 0 radical (unpaired) electrons. The van der Waals surface area contributed by atoms with Gasteiger partial charge in [0.25, 0.3) is 0 Å². The fourth-order valence-electron chi connectivity index (χ4n) is 2.02. The molecule has 0 atom stereocenters. The third kappa shape index (κ3) is 2.89. The monoisotopic (exact) mass is 280 g/mol. The van der Waals surface area contributed by atoms with E-state index in [2.05, 4.69) is 32.5 Å². The van der Waals surface area contributed by atoms with Crippen LogP contribution in [0.25, 0.3) is 17.1 Å². The van der Waals surface area contributed by atoms with Gasteiger partial charge in [-0.3, -0.25) is 0 Å². The first-order valence-corrected chi connectivity index (χ1v) is 6.91. The molecule has 0 aliphatic rings. The largest absolute Gasteiger partial charge is 0.370 e. The summed E-state index contributed by atoms with van der Waals surface area (Å²) in [7, 11) is 0. The van der Waals surface area contributed by atoms with Crippen molar-refractivity contribution >= 4 is 5.82 Å². The van der Waals surface area contributed by atoms with E-state index in [1.807, 2.05) is 36.4 Å². The lowest BCUT2D eigenvalue weighted by molar-refractivity contribution is 0.806. The van der Waals surface area contributed by atoms with E-state index in [-0.39, 0.29) is 0 Å². The summed E-state index contributed by atoms with van der Waals surface area (Å²) < 4.78 is 1.77. The van der Waals surface area contributed by atoms with Gasteiger partial charge in [0.05, 0.1) is 17.6 Å². The van der Waals surface area contributed by atoms with E-state index < -0.39 is 0 Å². The van der Waals surface area contributed by atoms with E-state index in [0.717, 1.165) is 35.9 Å². The minimum absolute atomic E-state index is 0.789. The van der Waals surface area contributed by atoms with Crippen LogP contribution in [0.3, 0.4) is 0 Å². The van der Waals surface area contributed by atoms with E-state index in [1.54, 1.807) is 17.2 Å². The van der Waals surface area contributed by atoms with Crippen LogP contribution in [0.4, 0.5) is 5.82 Å². The van der Waals surface area contributed by atoms with Crippen LogP contribution in [0.1, 0.15) is 13.3 Å². The molecule has 3 aromatic rings. The lowest BCUT2D eigenvalue weighted by atomic mass is 10.2. The van der Waals surface area contributed by atoms with Crippen molar-refractivity contribution in [2.75, 3.05) is 11.9 Å². The first-order chi connectivity index (χ1) is 10.4. The van der Waals surface area contributed by atoms with Crippen molar-refractivity contribution in [2.45, 2.75) is 13.3 Å². The molecule has 0 saturated heterocycles. The highest BCUT2D eigenvalue weighted by molar-refractivity contribution is 5.59. The second kappa shape index (κ2) is 6.13. The predicted molar refractivity (Wildman–Crippen MR) is 81.2 cm³/mol. The van der Waals surface area contributed by atoms with E-state index in [4.69, 9.17) is 0 Å². The Labute approximate surface area is 122 Å². The number of aromatic nitrogens is 5. The number of para-hydroxylation sites is 1. The highest BCUT2D eigenvalue weighted by Crippen LogP contribution is 2.20. The molecule has 6 heteroatoms. The summed E-state index contributed by atoms with van der Waals surface area (Å²) in [5.74, 6) is 0.808. The summed E-state index contributed by atoms with van der Waals surface area (Å²) in [6.07, 6.45) is 4.30. The molecule has 0 bridgehead atoms. The Morgan fingerprint density at radius 3 is 2.81 bits per heavy atom. The Morgan fingerprint density at radius 2 is 2.00 bits per heavy atom. The second-order valence-electron chi connectivity index (χ2n) is 4.58. The molecule has 1 N–H and O–H groups in total. The van der Waals surface area contributed by atoms with Gasteiger partial charge in [0, 0.05) is 12.6 Å². The number of rotatable bonds is 5. The number of anilines is 1. The summed E-state index contributed by atoms with van der Waals surface area (Å²) >= 11 is 0. The van der Waals surface area contributed by atoms with Crippen LogP contribution in [0.2, 0.25) is 0 Å². The lowest BCUT2D eigenvalue weighted by Gasteiger charge is -2.07. The maximum atomic E-state index is 4.32. The summed E-state index contributed by atoms with van der Waals surface area (Å²) in [6, 6.07) is 11.8. The van der Waals surface area contributed by atoms with Gasteiger partial charge in [-0.2, -0.15) is 0 Å². The molecule has 0 saturated carbocycles. The van der Waals surface area contributed by atoms with Gasteiger partial charge in [-0.15, -0.1) is 5.10 Å². The molecule has 0 spiro atoms. The van der Waals surface area contributed by atoms with Gasteiger partial charge < -0.3 is 5.32 Å². The maximum absolute atomic E-state index is 4.32. The van der Waals surface area contributed by atoms with Crippen molar-refractivity contribution in [3.63, 3.8) is 0 Å². The van der Waals surface area contributed by atoms with Gasteiger partial charge in [0.2, 0.25) is 0 Å². The standard InChI is InChI=1S/C15H16N6/c1-2-8-16-15-9-13(17-11-18-15)14-10-19-20-21(14)12-6-4-3-5-7-12/h3-7,9-11H,2,8H2,1H3,(H,16,17,18). The molecular formula is C15H16N6. The van der Waals surface area contributed by atoms with Crippen molar-refractivity contribution in [2.24, 2.45) is 0 Å². The maximum Gasteiger partial charge on any atom is 0.130 e. The summed E-state index contributed by atoms with van der Waals surface area (Å²) in [5.41, 5.74) is 2.58. The molecule has 21 heavy (non-hydrogen) atoms. The summed E-state index contributed by atoms with van der Waals surface area (Å²) in [5, 5.41) is 11.4. The molecule has 0 fully saturated rings. The van der Waals surface area contributed by atoms with Crippen LogP contribution in [0.15, 0.2) is 48.9 Å². The summed E-state index contributed by atoms with van der Waals surface area (Å²) in [6.45, 7) is 3.00. The Hall–Kier alpha value is -2.76. The van der Waals surface area contributed by atoms with Crippen LogP contribution >= 0.6 is 0 Å². The molecule has 0 amide bonds. The Morgan fingerprint density at radius 1 is 1.14 bits per heavy atom.